The number of anilines is 2. The van der Waals surface area contributed by atoms with Gasteiger partial charge in [-0.15, -0.1) is 10.2 Å². The Morgan fingerprint density at radius 2 is 1.70 bits per heavy atom. The van der Waals surface area contributed by atoms with Gasteiger partial charge in [-0.1, -0.05) is 0 Å². The maximum Gasteiger partial charge on any atom is 0.257 e. The van der Waals surface area contributed by atoms with Crippen molar-refractivity contribution < 1.29 is 9.53 Å². The highest BCUT2D eigenvalue weighted by Crippen LogP contribution is 2.26. The van der Waals surface area contributed by atoms with E-state index in [2.05, 4.69) is 67.6 Å². The maximum atomic E-state index is 12.7. The third kappa shape index (κ3) is 6.08. The third-order valence-electron chi connectivity index (χ3n) is 5.90. The average Bonchev–Trinajstić information content (AvgIpc) is 3.29. The molecule has 0 unspecified atom stereocenters. The largest absolute Gasteiger partial charge is 0.493 e. The zero-order valence-corrected chi connectivity index (χ0v) is 23.6. The molecule has 0 radical (unpaired) electrons. The van der Waals surface area contributed by atoms with Crippen LogP contribution < -0.4 is 20.3 Å². The van der Waals surface area contributed by atoms with Gasteiger partial charge < -0.3 is 15.0 Å². The highest BCUT2D eigenvalue weighted by Gasteiger charge is 2.14. The molecule has 0 saturated carbocycles. The number of aryl methyl sites for hydroxylation is 1. The summed E-state index contributed by atoms with van der Waals surface area (Å²) in [7, 11) is 0. The summed E-state index contributed by atoms with van der Waals surface area (Å²) >= 11 is 8.84. The summed E-state index contributed by atoms with van der Waals surface area (Å²) in [5, 5.41) is 15.3. The van der Waals surface area contributed by atoms with Crippen LogP contribution in [0.3, 0.4) is 0 Å². The van der Waals surface area contributed by atoms with Gasteiger partial charge in [0.15, 0.2) is 5.11 Å². The Morgan fingerprint density at radius 1 is 1.03 bits per heavy atom. The summed E-state index contributed by atoms with van der Waals surface area (Å²) in [6, 6.07) is 17.2. The van der Waals surface area contributed by atoms with Crippen LogP contribution in [0.2, 0.25) is 0 Å². The predicted octanol–water partition coefficient (Wildman–Crippen LogP) is 5.86. The number of ether oxygens (including phenoxy) is 1. The maximum absolute atomic E-state index is 12.7. The van der Waals surface area contributed by atoms with E-state index in [0.29, 0.717) is 27.9 Å². The predicted molar refractivity (Wildman–Crippen MR) is 156 cm³/mol. The van der Waals surface area contributed by atoms with Crippen LogP contribution in [-0.2, 0) is 0 Å². The lowest BCUT2D eigenvalue weighted by molar-refractivity contribution is 0.0977. The van der Waals surface area contributed by atoms with Crippen LogP contribution in [0.1, 0.15) is 36.7 Å². The summed E-state index contributed by atoms with van der Waals surface area (Å²) < 4.78 is 6.20. The van der Waals surface area contributed by atoms with Crippen molar-refractivity contribution in [3.8, 4) is 11.4 Å². The molecule has 10 heteroatoms. The molecule has 1 aromatic heterocycles. The van der Waals surface area contributed by atoms with Gasteiger partial charge in [-0.05, 0) is 116 Å². The van der Waals surface area contributed by atoms with Gasteiger partial charge in [0.1, 0.15) is 16.8 Å². The highest BCUT2D eigenvalue weighted by atomic mass is 79.9. The second-order valence-electron chi connectivity index (χ2n) is 8.32. The third-order valence-corrected chi connectivity index (χ3v) is 6.73. The number of thiocarbonyl (C=S) groups is 1. The first-order valence-electron chi connectivity index (χ1n) is 12.1. The Kier molecular flexibility index (Phi) is 8.40. The number of carbonyl (C=O) groups is 1. The van der Waals surface area contributed by atoms with Crippen molar-refractivity contribution in [1.82, 2.24) is 20.3 Å². The lowest BCUT2D eigenvalue weighted by Crippen LogP contribution is -2.34. The Bertz CT molecular complexity index is 1430. The Labute approximate surface area is 230 Å². The number of nitrogens with zero attached hydrogens (tertiary/aromatic N) is 4. The fourth-order valence-corrected chi connectivity index (χ4v) is 4.64. The normalized spacial score (nSPS) is 10.8. The van der Waals surface area contributed by atoms with Crippen molar-refractivity contribution in [2.75, 3.05) is 29.9 Å². The number of fused-ring (bicyclic) bond motifs is 1. The topological polar surface area (TPSA) is 84.3 Å². The Hall–Kier alpha value is -3.50. The molecular weight excluding hydrogens is 552 g/mol. The van der Waals surface area contributed by atoms with Crippen LogP contribution in [0.4, 0.5) is 11.4 Å². The molecule has 4 rings (SSSR count). The molecule has 37 heavy (non-hydrogen) atoms. The fourth-order valence-electron chi connectivity index (χ4n) is 3.95. The monoisotopic (exact) mass is 580 g/mol. The molecular formula is C27H29BrN6O2S. The van der Waals surface area contributed by atoms with Crippen molar-refractivity contribution in [2.45, 2.75) is 27.7 Å². The number of aromatic nitrogens is 3. The molecule has 0 bridgehead atoms. The number of halogens is 1. The van der Waals surface area contributed by atoms with Crippen LogP contribution in [0.5, 0.6) is 5.75 Å². The van der Waals surface area contributed by atoms with Crippen molar-refractivity contribution in [2.24, 2.45) is 0 Å². The van der Waals surface area contributed by atoms with Crippen LogP contribution in [0.25, 0.3) is 16.7 Å². The number of carbonyl (C=O) groups excluding carboxylic acids is 1. The standard InChI is InChI=1S/C27H29BrN6O2S/c1-5-33(6-2)19-9-11-20(12-10-19)34-31-23-14-17(4)22(16-24(23)32-34)29-27(37)30-26(35)18-8-13-25(36-7-3)21(28)15-18/h8-16H,5-7H2,1-4H3,(H2,29,30,35,37). The van der Waals surface area contributed by atoms with E-state index in [-0.39, 0.29) is 11.0 Å². The molecule has 192 valence electrons. The second-order valence-corrected chi connectivity index (χ2v) is 9.58. The van der Waals surface area contributed by atoms with Gasteiger partial charge in [0.2, 0.25) is 0 Å². The zero-order chi connectivity index (χ0) is 26.5. The molecule has 2 N–H and O–H groups in total. The molecule has 8 nitrogen and oxygen atoms in total. The minimum Gasteiger partial charge on any atom is -0.493 e. The number of hydrogen-bond donors (Lipinski definition) is 2. The van der Waals surface area contributed by atoms with E-state index >= 15 is 0 Å². The van der Waals surface area contributed by atoms with E-state index in [4.69, 9.17) is 17.0 Å². The number of rotatable bonds is 8. The number of nitrogens with one attached hydrogen (secondary N) is 2. The first-order valence-corrected chi connectivity index (χ1v) is 13.3. The van der Waals surface area contributed by atoms with Gasteiger partial charge in [0.25, 0.3) is 5.91 Å². The Balaban J connectivity index is 1.48. The Morgan fingerprint density at radius 3 is 2.32 bits per heavy atom. The lowest BCUT2D eigenvalue weighted by Gasteiger charge is -2.20. The lowest BCUT2D eigenvalue weighted by atomic mass is 10.2. The highest BCUT2D eigenvalue weighted by molar-refractivity contribution is 9.10. The van der Waals surface area contributed by atoms with Gasteiger partial charge in [0.05, 0.1) is 16.8 Å². The second kappa shape index (κ2) is 11.7. The summed E-state index contributed by atoms with van der Waals surface area (Å²) in [5.74, 6) is 0.357. The molecule has 0 atom stereocenters. The van der Waals surface area contributed by atoms with E-state index in [0.717, 1.165) is 35.5 Å². The van der Waals surface area contributed by atoms with Gasteiger partial charge in [-0.25, -0.2) is 0 Å². The molecule has 0 aliphatic heterocycles. The van der Waals surface area contributed by atoms with E-state index in [1.165, 1.54) is 5.69 Å². The number of hydrogen-bond acceptors (Lipinski definition) is 6. The molecule has 1 amide bonds. The first-order chi connectivity index (χ1) is 17.8. The summed E-state index contributed by atoms with van der Waals surface area (Å²) in [4.78, 5) is 16.6. The summed E-state index contributed by atoms with van der Waals surface area (Å²) in [6.07, 6.45) is 0. The van der Waals surface area contributed by atoms with Gasteiger partial charge in [0, 0.05) is 30.0 Å². The van der Waals surface area contributed by atoms with Gasteiger partial charge in [-0.2, -0.15) is 4.80 Å². The summed E-state index contributed by atoms with van der Waals surface area (Å²) in [6.45, 7) is 10.6. The molecule has 4 aromatic rings. The van der Waals surface area contributed by atoms with Gasteiger partial charge >= 0.3 is 0 Å². The SMILES string of the molecule is CCOc1ccc(C(=O)NC(=S)Nc2cc3nn(-c4ccc(N(CC)CC)cc4)nc3cc2C)cc1Br. The minimum atomic E-state index is -0.320. The van der Waals surface area contributed by atoms with Crippen LogP contribution in [-0.4, -0.2) is 45.7 Å². The minimum absolute atomic E-state index is 0.192. The quantitative estimate of drug-likeness (QED) is 0.252. The van der Waals surface area contributed by atoms with E-state index < -0.39 is 0 Å². The smallest absolute Gasteiger partial charge is 0.257 e. The number of amides is 1. The zero-order valence-electron chi connectivity index (χ0n) is 21.2. The molecule has 0 aliphatic rings. The van der Waals surface area contributed by atoms with Crippen molar-refractivity contribution >= 4 is 61.6 Å². The molecule has 1 heterocycles. The summed E-state index contributed by atoms with van der Waals surface area (Å²) in [5.41, 5.74) is 5.66. The van der Waals surface area contributed by atoms with Crippen molar-refractivity contribution in [1.29, 1.82) is 0 Å². The van der Waals surface area contributed by atoms with Crippen molar-refractivity contribution in [3.63, 3.8) is 0 Å². The average molecular weight is 582 g/mol. The van der Waals surface area contributed by atoms with Crippen LogP contribution >= 0.6 is 28.1 Å². The van der Waals surface area contributed by atoms with Gasteiger partial charge in [-0.3, -0.25) is 10.1 Å². The molecule has 0 saturated heterocycles. The molecule has 3 aromatic carbocycles. The number of benzene rings is 3. The van der Waals surface area contributed by atoms with E-state index in [1.54, 1.807) is 23.0 Å². The molecule has 0 fully saturated rings. The fraction of sp³-hybridized carbons (Fsp3) is 0.259. The van der Waals surface area contributed by atoms with Crippen LogP contribution in [0, 0.1) is 6.92 Å². The van der Waals surface area contributed by atoms with E-state index in [1.807, 2.05) is 38.1 Å². The van der Waals surface area contributed by atoms with Crippen molar-refractivity contribution in [3.05, 3.63) is 70.2 Å². The first kappa shape index (κ1) is 26.6. The van der Waals surface area contributed by atoms with E-state index in [9.17, 15) is 4.79 Å². The van der Waals surface area contributed by atoms with Crippen LogP contribution in [0.15, 0.2) is 59.1 Å². The molecule has 0 aliphatic carbocycles. The molecule has 0 spiro atoms.